The minimum absolute atomic E-state index is 0.0400. The highest BCUT2D eigenvalue weighted by Gasteiger charge is 2.33. The molecule has 5 N–H and O–H groups in total. The predicted octanol–water partition coefficient (Wildman–Crippen LogP) is 3.24. The van der Waals surface area contributed by atoms with Gasteiger partial charge >= 0.3 is 12.1 Å². The summed E-state index contributed by atoms with van der Waals surface area (Å²) in [6, 6.07) is 6.64. The van der Waals surface area contributed by atoms with Gasteiger partial charge in [-0.05, 0) is 12.1 Å². The zero-order valence-corrected chi connectivity index (χ0v) is 19.5. The minimum atomic E-state index is -4.72. The summed E-state index contributed by atoms with van der Waals surface area (Å²) in [5.41, 5.74) is 3.89. The van der Waals surface area contributed by atoms with Crippen LogP contribution in [-0.4, -0.2) is 46.3 Å². The molecular weight excluding hydrogens is 497 g/mol. The Morgan fingerprint density at radius 3 is 2.43 bits per heavy atom. The number of H-pyrrole nitrogens is 1. The molecule has 0 saturated carbocycles. The van der Waals surface area contributed by atoms with Crippen LogP contribution in [0.1, 0.15) is 21.6 Å². The lowest BCUT2D eigenvalue weighted by atomic mass is 10.1. The van der Waals surface area contributed by atoms with Gasteiger partial charge in [0, 0.05) is 53.6 Å². The van der Waals surface area contributed by atoms with Crippen LogP contribution in [0.4, 0.5) is 18.9 Å². The fourth-order valence-electron chi connectivity index (χ4n) is 3.04. The summed E-state index contributed by atoms with van der Waals surface area (Å²) in [6.45, 7) is 3.78. The number of hydrogen-bond donors (Lipinski definition) is 4. The summed E-state index contributed by atoms with van der Waals surface area (Å²) in [5, 5.41) is 15.6. The molecule has 3 rings (SSSR count). The normalized spacial score (nSPS) is 12.2. The Hall–Kier alpha value is -5.01. The van der Waals surface area contributed by atoms with Crippen molar-refractivity contribution in [3.63, 3.8) is 0 Å². The van der Waals surface area contributed by atoms with Crippen LogP contribution in [0.15, 0.2) is 64.9 Å². The molecular formula is C23H21F3N6O5. The first-order valence-corrected chi connectivity index (χ1v) is 10.3. The summed E-state index contributed by atoms with van der Waals surface area (Å²) < 4.78 is 50.3. The van der Waals surface area contributed by atoms with Crippen LogP contribution in [0, 0.1) is 0 Å². The molecule has 3 aromatic rings. The van der Waals surface area contributed by atoms with Crippen molar-refractivity contribution in [1.82, 2.24) is 14.8 Å². The third kappa shape index (κ3) is 6.36. The van der Waals surface area contributed by atoms with Crippen LogP contribution in [-0.2, 0) is 6.18 Å². The number of allylic oxidation sites excluding steroid dienone is 1. The second-order valence-corrected chi connectivity index (χ2v) is 7.31. The molecule has 0 spiro atoms. The number of ether oxygens (including phenoxy) is 2. The molecule has 0 aliphatic carbocycles. The standard InChI is InChI=1S/C23H21F3N6O5/c1-12(30-14-7-15(36-2)9-16(8-14)37-3)28-11-18(13-6-17(22(34)35)21(33)29-10-13)20(27)32-5-4-19(31-32)23(24,25)26/h4-11,30H,1,27H2,2-3H3,(H,29,33)(H,34,35)/b20-18-,28-11-. The van der Waals surface area contributed by atoms with Gasteiger partial charge in [0.25, 0.3) is 5.56 Å². The lowest BCUT2D eigenvalue weighted by Gasteiger charge is -2.12. The van der Waals surface area contributed by atoms with Crippen molar-refractivity contribution in [2.45, 2.75) is 6.18 Å². The van der Waals surface area contributed by atoms with Gasteiger partial charge in [-0.2, -0.15) is 18.3 Å². The number of nitrogens with two attached hydrogens (primary N) is 1. The van der Waals surface area contributed by atoms with Gasteiger partial charge in [-0.1, -0.05) is 6.58 Å². The first-order valence-electron chi connectivity index (χ1n) is 10.3. The van der Waals surface area contributed by atoms with Crippen molar-refractivity contribution < 1.29 is 32.5 Å². The van der Waals surface area contributed by atoms with E-state index in [1.807, 2.05) is 0 Å². The number of halogens is 3. The molecule has 0 amide bonds. The number of carbonyl (C=O) groups is 1. The first kappa shape index (κ1) is 26.6. The van der Waals surface area contributed by atoms with Gasteiger partial charge in [0.1, 0.15) is 28.7 Å². The van der Waals surface area contributed by atoms with Crippen molar-refractivity contribution in [1.29, 1.82) is 0 Å². The van der Waals surface area contributed by atoms with Crippen LogP contribution < -0.4 is 26.1 Å². The van der Waals surface area contributed by atoms with Crippen LogP contribution >= 0.6 is 0 Å². The van der Waals surface area contributed by atoms with Gasteiger partial charge in [-0.15, -0.1) is 0 Å². The van der Waals surface area contributed by atoms with E-state index in [1.165, 1.54) is 14.2 Å². The van der Waals surface area contributed by atoms with E-state index in [2.05, 4.69) is 27.0 Å². The SMILES string of the molecule is C=C(/N=C\C(=C(/N)n1ccc(C(F)(F)F)n1)c1c[nH]c(=O)c(C(=O)O)c1)Nc1cc(OC)cc(OC)c1. The Morgan fingerprint density at radius 1 is 1.24 bits per heavy atom. The van der Waals surface area contributed by atoms with E-state index in [1.54, 1.807) is 18.2 Å². The zero-order chi connectivity index (χ0) is 27.3. The quantitative estimate of drug-likeness (QED) is 0.315. The van der Waals surface area contributed by atoms with E-state index in [0.29, 0.717) is 23.3 Å². The number of rotatable bonds is 9. The lowest BCUT2D eigenvalue weighted by molar-refractivity contribution is -0.141. The molecule has 0 aliphatic rings. The van der Waals surface area contributed by atoms with Crippen LogP contribution in [0.2, 0.25) is 0 Å². The van der Waals surface area contributed by atoms with Gasteiger partial charge < -0.3 is 30.6 Å². The van der Waals surface area contributed by atoms with Crippen molar-refractivity contribution in [3.8, 4) is 11.5 Å². The fourth-order valence-corrected chi connectivity index (χ4v) is 3.04. The summed E-state index contributed by atoms with van der Waals surface area (Å²) in [5.74, 6) is -0.818. The number of aromatic nitrogens is 3. The number of carboxylic acids is 1. The maximum atomic E-state index is 13.0. The number of carboxylic acid groups (broad SMARTS) is 1. The molecule has 0 saturated heterocycles. The topological polar surface area (TPSA) is 157 Å². The van der Waals surface area contributed by atoms with Gasteiger partial charge in [0.15, 0.2) is 5.69 Å². The number of aromatic amines is 1. The van der Waals surface area contributed by atoms with Crippen molar-refractivity contribution in [2.24, 2.45) is 10.7 Å². The monoisotopic (exact) mass is 518 g/mol. The average Bonchev–Trinajstić information content (AvgIpc) is 3.35. The van der Waals surface area contributed by atoms with E-state index in [0.717, 1.165) is 29.4 Å². The number of anilines is 1. The van der Waals surface area contributed by atoms with Crippen molar-refractivity contribution in [2.75, 3.05) is 19.5 Å². The maximum absolute atomic E-state index is 13.0. The molecule has 1 aromatic carbocycles. The second kappa shape index (κ2) is 10.7. The second-order valence-electron chi connectivity index (χ2n) is 7.31. The fraction of sp³-hybridized carbons (Fsp3) is 0.130. The highest BCUT2D eigenvalue weighted by atomic mass is 19.4. The van der Waals surface area contributed by atoms with Crippen LogP contribution in [0.3, 0.4) is 0 Å². The Kier molecular flexibility index (Phi) is 7.70. The molecule has 37 heavy (non-hydrogen) atoms. The van der Waals surface area contributed by atoms with Crippen molar-refractivity contribution >= 4 is 29.3 Å². The van der Waals surface area contributed by atoms with Gasteiger partial charge in [0.05, 0.1) is 14.2 Å². The predicted molar refractivity (Wildman–Crippen MR) is 129 cm³/mol. The molecule has 0 bridgehead atoms. The average molecular weight is 518 g/mol. The van der Waals surface area contributed by atoms with Gasteiger partial charge in [-0.3, -0.25) is 4.79 Å². The Morgan fingerprint density at radius 2 is 1.89 bits per heavy atom. The molecule has 0 unspecified atom stereocenters. The van der Waals surface area contributed by atoms with Crippen LogP contribution in [0.25, 0.3) is 11.4 Å². The Labute approximate surface area is 207 Å². The summed E-state index contributed by atoms with van der Waals surface area (Å²) in [4.78, 5) is 29.7. The number of aromatic carboxylic acids is 1. The molecule has 2 aromatic heterocycles. The number of pyridine rings is 1. The third-order valence-electron chi connectivity index (χ3n) is 4.84. The molecule has 11 nitrogen and oxygen atoms in total. The van der Waals surface area contributed by atoms with E-state index in [4.69, 9.17) is 15.2 Å². The Balaban J connectivity index is 2.04. The van der Waals surface area contributed by atoms with E-state index in [9.17, 15) is 27.9 Å². The number of benzene rings is 1. The van der Waals surface area contributed by atoms with Gasteiger partial charge in [0.2, 0.25) is 0 Å². The molecule has 0 fully saturated rings. The number of nitrogens with one attached hydrogen (secondary N) is 2. The highest BCUT2D eigenvalue weighted by Crippen LogP contribution is 2.29. The summed E-state index contributed by atoms with van der Waals surface area (Å²) >= 11 is 0. The number of aliphatic imine (C=N–C) groups is 1. The Bertz CT molecular complexity index is 1430. The molecule has 194 valence electrons. The number of methoxy groups -OCH3 is 2. The summed E-state index contributed by atoms with van der Waals surface area (Å²) in [7, 11) is 2.95. The van der Waals surface area contributed by atoms with Crippen molar-refractivity contribution in [3.05, 3.63) is 82.3 Å². The molecule has 0 radical (unpaired) electrons. The highest BCUT2D eigenvalue weighted by molar-refractivity contribution is 6.17. The zero-order valence-electron chi connectivity index (χ0n) is 19.5. The van der Waals surface area contributed by atoms with E-state index in [-0.39, 0.29) is 22.8 Å². The first-order chi connectivity index (χ1) is 17.4. The molecule has 2 heterocycles. The van der Waals surface area contributed by atoms with Gasteiger partial charge in [-0.25, -0.2) is 14.5 Å². The molecule has 0 atom stereocenters. The number of hydrogen-bond acceptors (Lipinski definition) is 8. The lowest BCUT2D eigenvalue weighted by Crippen LogP contribution is -2.19. The largest absolute Gasteiger partial charge is 0.497 e. The smallest absolute Gasteiger partial charge is 0.435 e. The minimum Gasteiger partial charge on any atom is -0.497 e. The maximum Gasteiger partial charge on any atom is 0.435 e. The molecule has 14 heteroatoms. The molecule has 0 aliphatic heterocycles. The number of alkyl halides is 3. The van der Waals surface area contributed by atoms with E-state index >= 15 is 0 Å². The van der Waals surface area contributed by atoms with E-state index < -0.39 is 29.0 Å². The third-order valence-corrected chi connectivity index (χ3v) is 4.84. The number of nitrogens with zero attached hydrogens (tertiary/aromatic N) is 3. The summed E-state index contributed by atoms with van der Waals surface area (Å²) in [6.07, 6.45) is -1.47. The van der Waals surface area contributed by atoms with Crippen LogP contribution in [0.5, 0.6) is 11.5 Å².